The summed E-state index contributed by atoms with van der Waals surface area (Å²) in [4.78, 5) is 11.6. The van der Waals surface area contributed by atoms with Gasteiger partial charge in [0.2, 0.25) is 0 Å². The maximum absolute atomic E-state index is 12.6. The first-order valence-corrected chi connectivity index (χ1v) is 9.49. The topological polar surface area (TPSA) is 56.1 Å². The lowest BCUT2D eigenvalue weighted by Gasteiger charge is -2.21. The second-order valence-corrected chi connectivity index (χ2v) is 8.47. The molecule has 2 aromatic rings. The van der Waals surface area contributed by atoms with Gasteiger partial charge in [0, 0.05) is 13.1 Å². The molecule has 0 unspecified atom stereocenters. The number of sulfone groups is 1. The standard InChI is InChI=1S/C17H21NO3S/c1-18-16-9-7-13(11-14(16)8-10-17(18)19)12-22(20,21)15-5-3-2-4-6-15/h7-11,15H,2-6,12H2,1H3. The van der Waals surface area contributed by atoms with Gasteiger partial charge in [0.1, 0.15) is 0 Å². The van der Waals surface area contributed by atoms with E-state index in [9.17, 15) is 13.2 Å². The third-order valence-electron chi connectivity index (χ3n) is 4.62. The fourth-order valence-corrected chi connectivity index (χ4v) is 5.23. The predicted octanol–water partition coefficient (Wildman–Crippen LogP) is 2.79. The molecule has 0 radical (unpaired) electrons. The van der Waals surface area contributed by atoms with E-state index >= 15 is 0 Å². The molecule has 0 spiro atoms. The first-order chi connectivity index (χ1) is 10.5. The van der Waals surface area contributed by atoms with Crippen LogP contribution in [0.2, 0.25) is 0 Å². The van der Waals surface area contributed by atoms with Crippen molar-refractivity contribution in [2.24, 2.45) is 7.05 Å². The summed E-state index contributed by atoms with van der Waals surface area (Å²) in [6.45, 7) is 0. The molecule has 0 saturated heterocycles. The van der Waals surface area contributed by atoms with Gasteiger partial charge in [-0.25, -0.2) is 8.42 Å². The lowest BCUT2D eigenvalue weighted by atomic mass is 10.0. The molecule has 0 amide bonds. The van der Waals surface area contributed by atoms with E-state index < -0.39 is 9.84 Å². The van der Waals surface area contributed by atoms with Crippen molar-refractivity contribution >= 4 is 20.7 Å². The molecule has 1 fully saturated rings. The van der Waals surface area contributed by atoms with E-state index in [1.165, 1.54) is 6.07 Å². The third kappa shape index (κ3) is 2.95. The summed E-state index contributed by atoms with van der Waals surface area (Å²) in [5, 5.41) is 0.718. The van der Waals surface area contributed by atoms with Gasteiger partial charge in [-0.15, -0.1) is 0 Å². The highest BCUT2D eigenvalue weighted by molar-refractivity contribution is 7.91. The molecule has 22 heavy (non-hydrogen) atoms. The van der Waals surface area contributed by atoms with E-state index in [-0.39, 0.29) is 16.6 Å². The summed E-state index contributed by atoms with van der Waals surface area (Å²) >= 11 is 0. The summed E-state index contributed by atoms with van der Waals surface area (Å²) in [5.41, 5.74) is 1.57. The molecule has 0 aliphatic heterocycles. The highest BCUT2D eigenvalue weighted by Gasteiger charge is 2.27. The number of benzene rings is 1. The van der Waals surface area contributed by atoms with Crippen molar-refractivity contribution in [3.8, 4) is 0 Å². The number of hydrogen-bond acceptors (Lipinski definition) is 3. The Kier molecular flexibility index (Phi) is 4.08. The van der Waals surface area contributed by atoms with Crippen molar-refractivity contribution in [2.45, 2.75) is 43.1 Å². The maximum atomic E-state index is 12.6. The van der Waals surface area contributed by atoms with Gasteiger partial charge < -0.3 is 4.57 Å². The van der Waals surface area contributed by atoms with E-state index in [2.05, 4.69) is 0 Å². The third-order valence-corrected chi connectivity index (χ3v) is 6.84. The molecule has 0 N–H and O–H groups in total. The minimum absolute atomic E-state index is 0.0601. The lowest BCUT2D eigenvalue weighted by Crippen LogP contribution is -2.25. The molecular formula is C17H21NO3S. The largest absolute Gasteiger partial charge is 0.311 e. The molecule has 4 nitrogen and oxygen atoms in total. The predicted molar refractivity (Wildman–Crippen MR) is 88.7 cm³/mol. The van der Waals surface area contributed by atoms with Crippen molar-refractivity contribution in [2.75, 3.05) is 0 Å². The van der Waals surface area contributed by atoms with Crippen molar-refractivity contribution in [3.63, 3.8) is 0 Å². The number of aryl methyl sites for hydroxylation is 1. The van der Waals surface area contributed by atoms with Crippen molar-refractivity contribution < 1.29 is 8.42 Å². The molecule has 1 aromatic heterocycles. The van der Waals surface area contributed by atoms with Gasteiger partial charge >= 0.3 is 0 Å². The number of nitrogens with zero attached hydrogens (tertiary/aromatic N) is 1. The van der Waals surface area contributed by atoms with E-state index in [0.29, 0.717) is 0 Å². The first kappa shape index (κ1) is 15.3. The first-order valence-electron chi connectivity index (χ1n) is 7.78. The fourth-order valence-electron chi connectivity index (χ4n) is 3.30. The minimum Gasteiger partial charge on any atom is -0.311 e. The Morgan fingerprint density at radius 1 is 1.09 bits per heavy atom. The normalized spacial score (nSPS) is 17.0. The minimum atomic E-state index is -3.09. The Bertz CT molecular complexity index is 846. The van der Waals surface area contributed by atoms with Crippen molar-refractivity contribution in [3.05, 3.63) is 46.2 Å². The molecule has 0 bridgehead atoms. The molecular weight excluding hydrogens is 298 g/mol. The SMILES string of the molecule is Cn1c(=O)ccc2cc(CS(=O)(=O)C3CCCCC3)ccc21. The van der Waals surface area contributed by atoms with Crippen LogP contribution in [0.3, 0.4) is 0 Å². The number of aromatic nitrogens is 1. The zero-order valence-corrected chi connectivity index (χ0v) is 13.6. The monoisotopic (exact) mass is 319 g/mol. The van der Waals surface area contributed by atoms with Gasteiger partial charge in [0.05, 0.1) is 16.5 Å². The van der Waals surface area contributed by atoms with Gasteiger partial charge in [0.15, 0.2) is 9.84 Å². The van der Waals surface area contributed by atoms with E-state index in [1.54, 1.807) is 17.7 Å². The number of fused-ring (bicyclic) bond motifs is 1. The summed E-state index contributed by atoms with van der Waals surface area (Å²) < 4.78 is 26.7. The molecule has 5 heteroatoms. The maximum Gasteiger partial charge on any atom is 0.250 e. The number of pyridine rings is 1. The molecule has 1 aliphatic carbocycles. The quantitative estimate of drug-likeness (QED) is 0.874. The van der Waals surface area contributed by atoms with Gasteiger partial charge in [-0.3, -0.25) is 4.79 Å². The molecule has 0 atom stereocenters. The van der Waals surface area contributed by atoms with Crippen LogP contribution in [0.25, 0.3) is 10.9 Å². The number of hydrogen-bond donors (Lipinski definition) is 0. The fraction of sp³-hybridized carbons (Fsp3) is 0.471. The van der Waals surface area contributed by atoms with E-state index in [4.69, 9.17) is 0 Å². The molecule has 118 valence electrons. The van der Waals surface area contributed by atoms with Crippen LogP contribution >= 0.6 is 0 Å². The van der Waals surface area contributed by atoms with Crippen LogP contribution in [0.1, 0.15) is 37.7 Å². The second kappa shape index (κ2) is 5.88. The Hall–Kier alpha value is -1.62. The van der Waals surface area contributed by atoms with Crippen LogP contribution in [-0.2, 0) is 22.6 Å². The smallest absolute Gasteiger partial charge is 0.250 e. The molecule has 1 heterocycles. The Morgan fingerprint density at radius 2 is 1.82 bits per heavy atom. The Balaban J connectivity index is 1.91. The van der Waals surface area contributed by atoms with Gasteiger partial charge in [0.25, 0.3) is 5.56 Å². The summed E-state index contributed by atoms with van der Waals surface area (Å²) in [7, 11) is -1.37. The molecule has 1 saturated carbocycles. The summed E-state index contributed by atoms with van der Waals surface area (Å²) in [6, 6.07) is 8.82. The highest BCUT2D eigenvalue weighted by atomic mass is 32.2. The Labute approximate surface area is 130 Å². The zero-order valence-electron chi connectivity index (χ0n) is 12.8. The van der Waals surface area contributed by atoms with Crippen LogP contribution in [0, 0.1) is 0 Å². The Morgan fingerprint density at radius 3 is 2.55 bits per heavy atom. The molecule has 3 rings (SSSR count). The van der Waals surface area contributed by atoms with Crippen LogP contribution in [0.5, 0.6) is 0 Å². The second-order valence-electron chi connectivity index (χ2n) is 6.19. The molecule has 1 aliphatic rings. The summed E-state index contributed by atoms with van der Waals surface area (Å²) in [6.07, 6.45) is 4.78. The van der Waals surface area contributed by atoms with E-state index in [0.717, 1.165) is 48.6 Å². The van der Waals surface area contributed by atoms with Crippen LogP contribution in [0.15, 0.2) is 35.1 Å². The van der Waals surface area contributed by atoms with Gasteiger partial charge in [-0.1, -0.05) is 25.3 Å². The van der Waals surface area contributed by atoms with E-state index in [1.807, 2.05) is 18.2 Å². The highest BCUT2D eigenvalue weighted by Crippen LogP contribution is 2.26. The zero-order chi connectivity index (χ0) is 15.7. The average Bonchev–Trinajstić information content (AvgIpc) is 2.52. The summed E-state index contributed by atoms with van der Waals surface area (Å²) in [5.74, 6) is 0.0937. The van der Waals surface area contributed by atoms with Crippen molar-refractivity contribution in [1.29, 1.82) is 0 Å². The average molecular weight is 319 g/mol. The lowest BCUT2D eigenvalue weighted by molar-refractivity contribution is 0.483. The van der Waals surface area contributed by atoms with Gasteiger partial charge in [-0.2, -0.15) is 0 Å². The van der Waals surface area contributed by atoms with Crippen LogP contribution in [-0.4, -0.2) is 18.2 Å². The number of rotatable bonds is 3. The molecule has 1 aromatic carbocycles. The van der Waals surface area contributed by atoms with Crippen LogP contribution in [0.4, 0.5) is 0 Å². The van der Waals surface area contributed by atoms with Gasteiger partial charge in [-0.05, 0) is 42.0 Å². The van der Waals surface area contributed by atoms with Crippen LogP contribution < -0.4 is 5.56 Å². The van der Waals surface area contributed by atoms with Crippen molar-refractivity contribution in [1.82, 2.24) is 4.57 Å².